The Morgan fingerprint density at radius 3 is 2.13 bits per heavy atom. The minimum absolute atomic E-state index is 0.0621. The second-order valence-corrected chi connectivity index (χ2v) is 11.0. The van der Waals surface area contributed by atoms with Gasteiger partial charge >= 0.3 is 0 Å². The van der Waals surface area contributed by atoms with Gasteiger partial charge in [0.1, 0.15) is 7.85 Å². The summed E-state index contributed by atoms with van der Waals surface area (Å²) < 4.78 is 0. The zero-order chi connectivity index (χ0) is 27.6. The predicted octanol–water partition coefficient (Wildman–Crippen LogP) is 7.68. The molecule has 0 aromatic heterocycles. The summed E-state index contributed by atoms with van der Waals surface area (Å²) in [6, 6.07) is 30.7. The van der Waals surface area contributed by atoms with Gasteiger partial charge in [0.25, 0.3) is 0 Å². The molecule has 4 aromatic carbocycles. The third-order valence-corrected chi connectivity index (χ3v) is 7.50. The van der Waals surface area contributed by atoms with E-state index in [-0.39, 0.29) is 12.1 Å². The molecule has 0 saturated carbocycles. The molecule has 0 aliphatic carbocycles. The molecule has 0 atom stereocenters. The van der Waals surface area contributed by atoms with Crippen LogP contribution in [0.5, 0.6) is 0 Å². The van der Waals surface area contributed by atoms with Crippen LogP contribution in [0.2, 0.25) is 0 Å². The van der Waals surface area contributed by atoms with Crippen LogP contribution in [-0.2, 0) is 5.41 Å². The van der Waals surface area contributed by atoms with Crippen LogP contribution < -0.4 is 21.3 Å². The molecule has 0 bridgehead atoms. The summed E-state index contributed by atoms with van der Waals surface area (Å²) in [7, 11) is 6.49. The minimum Gasteiger partial charge on any atom is -0.311 e. The number of hydrogen-bond donors (Lipinski definition) is 0. The third kappa shape index (κ3) is 4.99. The maximum Gasteiger partial charge on any atom is 0.242 e. The summed E-state index contributed by atoms with van der Waals surface area (Å²) in [4.78, 5) is 2.43. The molecule has 0 spiro atoms. The second kappa shape index (κ2) is 11.1. The number of aryl methyl sites for hydroxylation is 1. The Labute approximate surface area is 232 Å². The fourth-order valence-corrected chi connectivity index (χ4v) is 5.54. The summed E-state index contributed by atoms with van der Waals surface area (Å²) in [6.45, 7) is 17.7. The van der Waals surface area contributed by atoms with Crippen molar-refractivity contribution in [3.8, 4) is 11.1 Å². The van der Waals surface area contributed by atoms with E-state index in [0.29, 0.717) is 0 Å². The van der Waals surface area contributed by atoms with E-state index >= 15 is 0 Å². The van der Waals surface area contributed by atoms with Crippen molar-refractivity contribution in [3.63, 3.8) is 0 Å². The van der Waals surface area contributed by atoms with Gasteiger partial charge in [-0.3, -0.25) is 0 Å². The number of nitrogens with zero attached hydrogens (tertiary/aromatic N) is 1. The van der Waals surface area contributed by atoms with Crippen LogP contribution in [0.4, 0.5) is 17.1 Å². The molecular formula is C35H39B2N. The summed E-state index contributed by atoms with van der Waals surface area (Å²) in [5.74, 6) is 0. The number of anilines is 3. The molecule has 2 radical (unpaired) electrons. The van der Waals surface area contributed by atoms with E-state index in [4.69, 9.17) is 7.85 Å². The molecule has 0 amide bonds. The first-order chi connectivity index (χ1) is 18.2. The smallest absolute Gasteiger partial charge is 0.242 e. The van der Waals surface area contributed by atoms with E-state index in [2.05, 4.69) is 137 Å². The fraction of sp³-hybridized carbons (Fsp3) is 0.257. The maximum atomic E-state index is 6.49. The van der Waals surface area contributed by atoms with E-state index < -0.39 is 0 Å². The Kier molecular flexibility index (Phi) is 8.07. The molecule has 1 aliphatic heterocycles. The lowest BCUT2D eigenvalue weighted by molar-refractivity contribution is 0.591. The Balaban J connectivity index is 0.00000164. The first-order valence-electron chi connectivity index (χ1n) is 13.8. The van der Waals surface area contributed by atoms with Gasteiger partial charge in [-0.2, -0.15) is 0 Å². The lowest BCUT2D eigenvalue weighted by atomic mass is 9.34. The van der Waals surface area contributed by atoms with Crippen LogP contribution in [0.3, 0.4) is 0 Å². The predicted molar refractivity (Wildman–Crippen MR) is 171 cm³/mol. The molecule has 190 valence electrons. The lowest BCUT2D eigenvalue weighted by Crippen LogP contribution is -2.53. The SMILES string of the molecule is CC.[B]c1cc(C)c2c(c1)N(c1ccccc1-c1ccccc1)c1ccc(C(C)(C)C)cc1B2/C(C)=C/C. The van der Waals surface area contributed by atoms with Crippen molar-refractivity contribution in [3.05, 3.63) is 108 Å². The normalized spacial score (nSPS) is 12.9. The van der Waals surface area contributed by atoms with Gasteiger partial charge in [0.2, 0.25) is 6.71 Å². The van der Waals surface area contributed by atoms with Crippen molar-refractivity contribution in [1.29, 1.82) is 0 Å². The quantitative estimate of drug-likeness (QED) is 0.264. The number of para-hydroxylation sites is 1. The molecular weight excluding hydrogens is 456 g/mol. The molecule has 0 unspecified atom stereocenters. The van der Waals surface area contributed by atoms with Gasteiger partial charge < -0.3 is 4.90 Å². The van der Waals surface area contributed by atoms with Crippen molar-refractivity contribution in [2.24, 2.45) is 0 Å². The summed E-state index contributed by atoms with van der Waals surface area (Å²) in [6.07, 6.45) is 2.26. The standard InChI is InChI=1S/C33H33B2N.C2H6/c1-7-23(3)35-28-20-25(33(4,5)6)17-18-30(28)36(31-21-26(34)19-22(2)32(31)35)29-16-12-11-15-27(29)24-13-9-8-10-14-24;1-2/h7-21H,1-6H3;1-2H3/b23-7+;. The molecule has 1 nitrogen and oxygen atoms in total. The number of hydrogen-bond acceptors (Lipinski definition) is 1. The highest BCUT2D eigenvalue weighted by atomic mass is 15.2. The van der Waals surface area contributed by atoms with Gasteiger partial charge in [0.15, 0.2) is 0 Å². The molecule has 0 saturated heterocycles. The van der Waals surface area contributed by atoms with Crippen molar-refractivity contribution in [1.82, 2.24) is 0 Å². The number of allylic oxidation sites excluding steroid dienone is 2. The summed E-state index contributed by atoms with van der Waals surface area (Å²) >= 11 is 0. The summed E-state index contributed by atoms with van der Waals surface area (Å²) in [5, 5.41) is 0. The van der Waals surface area contributed by atoms with Crippen molar-refractivity contribution >= 4 is 48.0 Å². The molecule has 5 rings (SSSR count). The van der Waals surface area contributed by atoms with Gasteiger partial charge in [-0.15, -0.1) is 0 Å². The molecule has 38 heavy (non-hydrogen) atoms. The maximum absolute atomic E-state index is 6.49. The van der Waals surface area contributed by atoms with Crippen LogP contribution in [0.15, 0.2) is 96.5 Å². The third-order valence-electron chi connectivity index (χ3n) is 7.50. The Morgan fingerprint density at radius 2 is 1.47 bits per heavy atom. The van der Waals surface area contributed by atoms with Crippen LogP contribution in [-0.4, -0.2) is 14.6 Å². The second-order valence-electron chi connectivity index (χ2n) is 11.0. The molecule has 3 heteroatoms. The van der Waals surface area contributed by atoms with E-state index in [9.17, 15) is 0 Å². The van der Waals surface area contributed by atoms with Gasteiger partial charge in [0.05, 0.1) is 5.69 Å². The van der Waals surface area contributed by atoms with Gasteiger partial charge in [-0.25, -0.2) is 0 Å². The number of rotatable bonds is 3. The van der Waals surface area contributed by atoms with Crippen LogP contribution in [0.1, 0.15) is 59.6 Å². The van der Waals surface area contributed by atoms with Crippen molar-refractivity contribution in [2.45, 2.75) is 60.8 Å². The van der Waals surface area contributed by atoms with E-state index in [1.807, 2.05) is 13.8 Å². The largest absolute Gasteiger partial charge is 0.311 e. The first-order valence-corrected chi connectivity index (χ1v) is 13.8. The molecule has 0 fully saturated rings. The molecule has 1 heterocycles. The van der Waals surface area contributed by atoms with Crippen LogP contribution in [0, 0.1) is 6.92 Å². The van der Waals surface area contributed by atoms with Gasteiger partial charge in [-0.1, -0.05) is 131 Å². The highest BCUT2D eigenvalue weighted by Gasteiger charge is 2.37. The minimum atomic E-state index is 0.0621. The summed E-state index contributed by atoms with van der Waals surface area (Å²) in [5.41, 5.74) is 13.4. The Bertz CT molecular complexity index is 1460. The van der Waals surface area contributed by atoms with Crippen LogP contribution >= 0.6 is 0 Å². The van der Waals surface area contributed by atoms with Gasteiger partial charge in [-0.05, 0) is 59.5 Å². The fourth-order valence-electron chi connectivity index (χ4n) is 5.54. The Morgan fingerprint density at radius 1 is 0.816 bits per heavy atom. The van der Waals surface area contributed by atoms with E-state index in [1.165, 1.54) is 44.3 Å². The monoisotopic (exact) mass is 495 g/mol. The average Bonchev–Trinajstić information content (AvgIpc) is 2.92. The van der Waals surface area contributed by atoms with Crippen molar-refractivity contribution < 1.29 is 0 Å². The lowest BCUT2D eigenvalue weighted by Gasteiger charge is -2.40. The zero-order valence-corrected chi connectivity index (χ0v) is 24.3. The average molecular weight is 495 g/mol. The van der Waals surface area contributed by atoms with E-state index in [1.54, 1.807) is 0 Å². The topological polar surface area (TPSA) is 3.24 Å². The number of benzene rings is 4. The van der Waals surface area contributed by atoms with Crippen LogP contribution in [0.25, 0.3) is 11.1 Å². The first kappa shape index (κ1) is 27.6. The zero-order valence-electron chi connectivity index (χ0n) is 24.3. The Hall–Kier alpha value is -3.45. The number of fused-ring (bicyclic) bond motifs is 2. The highest BCUT2D eigenvalue weighted by molar-refractivity contribution is 6.93. The molecule has 4 aromatic rings. The molecule has 1 aliphatic rings. The van der Waals surface area contributed by atoms with Gasteiger partial charge in [0, 0.05) is 16.9 Å². The highest BCUT2D eigenvalue weighted by Crippen LogP contribution is 2.42. The van der Waals surface area contributed by atoms with Crippen molar-refractivity contribution in [2.75, 3.05) is 4.90 Å². The molecule has 0 N–H and O–H groups in total. The van der Waals surface area contributed by atoms with E-state index in [0.717, 1.165) is 16.8 Å².